The van der Waals surface area contributed by atoms with Gasteiger partial charge >= 0.3 is 0 Å². The van der Waals surface area contributed by atoms with Crippen LogP contribution in [-0.2, 0) is 0 Å². The first kappa shape index (κ1) is 18.0. The van der Waals surface area contributed by atoms with Gasteiger partial charge in [-0.3, -0.25) is 0 Å². The molecule has 0 heterocycles. The van der Waals surface area contributed by atoms with Crippen LogP contribution in [0.3, 0.4) is 0 Å². The van der Waals surface area contributed by atoms with Gasteiger partial charge in [-0.15, -0.1) is 0 Å². The molecule has 0 aliphatic carbocycles. The molecule has 1 atom stereocenters. The van der Waals surface area contributed by atoms with Crippen LogP contribution in [0.5, 0.6) is 0 Å². The molecule has 0 aliphatic heterocycles. The van der Waals surface area contributed by atoms with E-state index in [-0.39, 0.29) is 0 Å². The fourth-order valence-electron chi connectivity index (χ4n) is 2.53. The van der Waals surface area contributed by atoms with Crippen molar-refractivity contribution in [1.82, 2.24) is 5.32 Å². The Morgan fingerprint density at radius 3 is 2.50 bits per heavy atom. The molecular formula is C17H27BrClN. The molecule has 0 fully saturated rings. The van der Waals surface area contributed by atoms with Crippen molar-refractivity contribution in [2.45, 2.75) is 64.8 Å². The Kier molecular flexibility index (Phi) is 9.58. The number of halogens is 2. The van der Waals surface area contributed by atoms with Crippen molar-refractivity contribution >= 4 is 27.5 Å². The molecule has 3 heteroatoms. The van der Waals surface area contributed by atoms with E-state index in [4.69, 9.17) is 11.6 Å². The van der Waals surface area contributed by atoms with Gasteiger partial charge in [-0.05, 0) is 40.5 Å². The molecule has 20 heavy (non-hydrogen) atoms. The SMILES string of the molecule is CCCCCCCCC(NCC)c1cccc(Br)c1Cl. The van der Waals surface area contributed by atoms with Crippen LogP contribution in [0.25, 0.3) is 0 Å². The summed E-state index contributed by atoms with van der Waals surface area (Å²) in [6.07, 6.45) is 9.18. The number of unbranched alkanes of at least 4 members (excludes halogenated alkanes) is 5. The fourth-order valence-corrected chi connectivity index (χ4v) is 3.17. The number of rotatable bonds is 10. The van der Waals surface area contributed by atoms with Gasteiger partial charge in [0.05, 0.1) is 5.02 Å². The third-order valence-electron chi connectivity index (χ3n) is 3.65. The Hall–Kier alpha value is -0.0500. The van der Waals surface area contributed by atoms with Crippen LogP contribution >= 0.6 is 27.5 Å². The van der Waals surface area contributed by atoms with Crippen LogP contribution in [0.4, 0.5) is 0 Å². The predicted molar refractivity (Wildman–Crippen MR) is 93.6 cm³/mol. The second-order valence-electron chi connectivity index (χ2n) is 5.31. The molecule has 1 unspecified atom stereocenters. The van der Waals surface area contributed by atoms with Crippen molar-refractivity contribution in [3.63, 3.8) is 0 Å². The number of hydrogen-bond donors (Lipinski definition) is 1. The quantitative estimate of drug-likeness (QED) is 0.469. The van der Waals surface area contributed by atoms with Crippen LogP contribution in [-0.4, -0.2) is 6.54 Å². The lowest BCUT2D eigenvalue weighted by Crippen LogP contribution is -2.21. The van der Waals surface area contributed by atoms with Crippen LogP contribution in [0, 0.1) is 0 Å². The van der Waals surface area contributed by atoms with E-state index < -0.39 is 0 Å². The summed E-state index contributed by atoms with van der Waals surface area (Å²) in [5.74, 6) is 0. The predicted octanol–water partition coefficient (Wildman–Crippen LogP) is 6.50. The third-order valence-corrected chi connectivity index (χ3v) is 4.96. The highest BCUT2D eigenvalue weighted by Crippen LogP contribution is 2.32. The van der Waals surface area contributed by atoms with Gasteiger partial charge in [-0.25, -0.2) is 0 Å². The van der Waals surface area contributed by atoms with Crippen LogP contribution in [0.1, 0.15) is 70.4 Å². The molecule has 1 nitrogen and oxygen atoms in total. The standard InChI is InChI=1S/C17H27BrClN/c1-3-5-6-7-8-9-13-16(20-4-2)14-11-10-12-15(18)17(14)19/h10-12,16,20H,3-9,13H2,1-2H3. The summed E-state index contributed by atoms with van der Waals surface area (Å²) >= 11 is 9.93. The number of benzene rings is 1. The van der Waals surface area contributed by atoms with E-state index in [1.807, 2.05) is 6.07 Å². The third kappa shape index (κ3) is 6.15. The summed E-state index contributed by atoms with van der Waals surface area (Å²) in [5.41, 5.74) is 1.22. The van der Waals surface area contributed by atoms with Gasteiger partial charge in [0.2, 0.25) is 0 Å². The maximum atomic E-state index is 6.42. The van der Waals surface area contributed by atoms with Gasteiger partial charge in [0, 0.05) is 10.5 Å². The number of nitrogens with one attached hydrogen (secondary N) is 1. The molecule has 0 bridgehead atoms. The second kappa shape index (κ2) is 10.6. The lowest BCUT2D eigenvalue weighted by atomic mass is 9.99. The summed E-state index contributed by atoms with van der Waals surface area (Å²) in [7, 11) is 0. The molecule has 0 aliphatic rings. The Balaban J connectivity index is 2.49. The largest absolute Gasteiger partial charge is 0.310 e. The van der Waals surface area contributed by atoms with Crippen molar-refractivity contribution in [3.8, 4) is 0 Å². The zero-order valence-corrected chi connectivity index (χ0v) is 15.1. The minimum absolute atomic E-state index is 0.371. The molecule has 1 N–H and O–H groups in total. The van der Waals surface area contributed by atoms with Gasteiger partial charge in [0.25, 0.3) is 0 Å². The highest BCUT2D eigenvalue weighted by atomic mass is 79.9. The molecular weight excluding hydrogens is 334 g/mol. The highest BCUT2D eigenvalue weighted by Gasteiger charge is 2.14. The molecule has 1 aromatic carbocycles. The Morgan fingerprint density at radius 1 is 1.10 bits per heavy atom. The molecule has 114 valence electrons. The smallest absolute Gasteiger partial charge is 0.0595 e. The molecule has 0 radical (unpaired) electrons. The monoisotopic (exact) mass is 359 g/mol. The van der Waals surface area contributed by atoms with Crippen molar-refractivity contribution in [2.24, 2.45) is 0 Å². The molecule has 1 rings (SSSR count). The fraction of sp³-hybridized carbons (Fsp3) is 0.647. The van der Waals surface area contributed by atoms with E-state index >= 15 is 0 Å². The molecule has 0 aromatic heterocycles. The Bertz CT molecular complexity index is 381. The van der Waals surface area contributed by atoms with E-state index in [9.17, 15) is 0 Å². The minimum atomic E-state index is 0.371. The summed E-state index contributed by atoms with van der Waals surface area (Å²) in [5, 5.41) is 4.42. The normalized spacial score (nSPS) is 12.6. The van der Waals surface area contributed by atoms with Gasteiger partial charge in [0.15, 0.2) is 0 Å². The van der Waals surface area contributed by atoms with E-state index in [2.05, 4.69) is 47.2 Å². The zero-order chi connectivity index (χ0) is 14.8. The van der Waals surface area contributed by atoms with Crippen molar-refractivity contribution < 1.29 is 0 Å². The van der Waals surface area contributed by atoms with E-state index in [1.54, 1.807) is 0 Å². The maximum Gasteiger partial charge on any atom is 0.0595 e. The average Bonchev–Trinajstić information content (AvgIpc) is 2.45. The van der Waals surface area contributed by atoms with E-state index in [0.717, 1.165) is 22.5 Å². The molecule has 0 saturated heterocycles. The molecule has 0 spiro atoms. The van der Waals surface area contributed by atoms with Crippen LogP contribution in [0.15, 0.2) is 22.7 Å². The van der Waals surface area contributed by atoms with Crippen molar-refractivity contribution in [1.29, 1.82) is 0 Å². The number of hydrogen-bond acceptors (Lipinski definition) is 1. The van der Waals surface area contributed by atoms with E-state index in [1.165, 1.54) is 44.1 Å². The maximum absolute atomic E-state index is 6.42. The zero-order valence-electron chi connectivity index (χ0n) is 12.7. The van der Waals surface area contributed by atoms with Crippen molar-refractivity contribution in [2.75, 3.05) is 6.54 Å². The first-order chi connectivity index (χ1) is 9.70. The van der Waals surface area contributed by atoms with Gasteiger partial charge in [-0.1, -0.05) is 76.1 Å². The van der Waals surface area contributed by atoms with Gasteiger partial charge in [0.1, 0.15) is 0 Å². The van der Waals surface area contributed by atoms with E-state index in [0.29, 0.717) is 6.04 Å². The average molecular weight is 361 g/mol. The molecule has 1 aromatic rings. The van der Waals surface area contributed by atoms with Crippen LogP contribution < -0.4 is 5.32 Å². The first-order valence-electron chi connectivity index (χ1n) is 7.88. The summed E-state index contributed by atoms with van der Waals surface area (Å²) in [4.78, 5) is 0. The summed E-state index contributed by atoms with van der Waals surface area (Å²) < 4.78 is 0.988. The van der Waals surface area contributed by atoms with Gasteiger partial charge < -0.3 is 5.32 Å². The van der Waals surface area contributed by atoms with Gasteiger partial charge in [-0.2, -0.15) is 0 Å². The topological polar surface area (TPSA) is 12.0 Å². The highest BCUT2D eigenvalue weighted by molar-refractivity contribution is 9.10. The molecule has 0 amide bonds. The summed E-state index contributed by atoms with van der Waals surface area (Å²) in [6.45, 7) is 5.39. The summed E-state index contributed by atoms with van der Waals surface area (Å²) in [6, 6.07) is 6.57. The first-order valence-corrected chi connectivity index (χ1v) is 9.05. The van der Waals surface area contributed by atoms with Crippen LogP contribution in [0.2, 0.25) is 5.02 Å². The Labute approximate surface area is 137 Å². The lowest BCUT2D eigenvalue weighted by Gasteiger charge is -2.20. The Morgan fingerprint density at radius 2 is 1.80 bits per heavy atom. The lowest BCUT2D eigenvalue weighted by molar-refractivity contribution is 0.477. The second-order valence-corrected chi connectivity index (χ2v) is 6.54. The minimum Gasteiger partial charge on any atom is -0.310 e. The van der Waals surface area contributed by atoms with Crippen molar-refractivity contribution in [3.05, 3.63) is 33.3 Å². The molecule has 0 saturated carbocycles.